The molecule has 0 saturated carbocycles. The van der Waals surface area contributed by atoms with Gasteiger partial charge in [-0.15, -0.1) is 0 Å². The molecule has 138 valence electrons. The normalized spacial score (nSPS) is 21.1. The Hall–Kier alpha value is -2.18. The number of hydrogen-bond acceptors (Lipinski definition) is 6. The molecule has 0 amide bonds. The van der Waals surface area contributed by atoms with Gasteiger partial charge >= 0.3 is 0 Å². The lowest BCUT2D eigenvalue weighted by atomic mass is 10.0. The van der Waals surface area contributed by atoms with Crippen molar-refractivity contribution in [2.45, 2.75) is 25.4 Å². The number of hydrogen-bond donors (Lipinski definition) is 0. The molecule has 2 aliphatic heterocycles. The predicted octanol–water partition coefficient (Wildman–Crippen LogP) is 2.66. The van der Waals surface area contributed by atoms with Gasteiger partial charge in [0.15, 0.2) is 0 Å². The van der Waals surface area contributed by atoms with Crippen molar-refractivity contribution >= 4 is 5.95 Å². The van der Waals surface area contributed by atoms with E-state index in [9.17, 15) is 0 Å². The number of ether oxygens (including phenoxy) is 2. The summed E-state index contributed by atoms with van der Waals surface area (Å²) in [5.41, 5.74) is 2.52. The summed E-state index contributed by atoms with van der Waals surface area (Å²) < 4.78 is 10.7. The summed E-state index contributed by atoms with van der Waals surface area (Å²) >= 11 is 0. The topological polar surface area (TPSA) is 50.7 Å². The van der Waals surface area contributed by atoms with E-state index in [-0.39, 0.29) is 0 Å². The van der Waals surface area contributed by atoms with Gasteiger partial charge in [-0.3, -0.25) is 4.90 Å². The van der Waals surface area contributed by atoms with Crippen LogP contribution in [0.25, 0.3) is 0 Å². The minimum atomic E-state index is 0.458. The maximum absolute atomic E-state index is 5.39. The third-order valence-corrected chi connectivity index (χ3v) is 5.24. The highest BCUT2D eigenvalue weighted by Gasteiger charge is 2.26. The Morgan fingerprint density at radius 2 is 1.81 bits per heavy atom. The molecule has 0 aliphatic carbocycles. The zero-order valence-electron chi connectivity index (χ0n) is 15.3. The van der Waals surface area contributed by atoms with Gasteiger partial charge in [-0.25, -0.2) is 9.97 Å². The smallest absolute Gasteiger partial charge is 0.225 e. The monoisotopic (exact) mass is 354 g/mol. The largest absolute Gasteiger partial charge is 0.497 e. The molecule has 6 nitrogen and oxygen atoms in total. The van der Waals surface area contributed by atoms with Crippen molar-refractivity contribution in [3.63, 3.8) is 0 Å². The lowest BCUT2D eigenvalue weighted by Crippen LogP contribution is -2.37. The highest BCUT2D eigenvalue weighted by atomic mass is 16.5. The van der Waals surface area contributed by atoms with Crippen molar-refractivity contribution in [3.8, 4) is 5.75 Å². The van der Waals surface area contributed by atoms with Crippen LogP contribution in [0.5, 0.6) is 5.75 Å². The van der Waals surface area contributed by atoms with Crippen LogP contribution in [0.2, 0.25) is 0 Å². The summed E-state index contributed by atoms with van der Waals surface area (Å²) in [6.45, 7) is 5.24. The van der Waals surface area contributed by atoms with E-state index < -0.39 is 0 Å². The highest BCUT2D eigenvalue weighted by Crippen LogP contribution is 2.33. The quantitative estimate of drug-likeness (QED) is 0.823. The highest BCUT2D eigenvalue weighted by molar-refractivity contribution is 5.31. The Labute approximate surface area is 154 Å². The molecule has 2 aliphatic rings. The van der Waals surface area contributed by atoms with Crippen molar-refractivity contribution in [1.29, 1.82) is 0 Å². The first kappa shape index (κ1) is 17.2. The van der Waals surface area contributed by atoms with Crippen LogP contribution in [-0.2, 0) is 11.3 Å². The zero-order chi connectivity index (χ0) is 17.8. The Kier molecular flexibility index (Phi) is 5.32. The minimum absolute atomic E-state index is 0.458. The first-order chi connectivity index (χ1) is 12.8. The fraction of sp³-hybridized carbons (Fsp3) is 0.500. The molecule has 0 spiro atoms. The molecule has 26 heavy (non-hydrogen) atoms. The van der Waals surface area contributed by atoms with Gasteiger partial charge in [-0.2, -0.15) is 0 Å². The summed E-state index contributed by atoms with van der Waals surface area (Å²) in [5.74, 6) is 1.72. The van der Waals surface area contributed by atoms with Crippen LogP contribution in [-0.4, -0.2) is 54.8 Å². The predicted molar refractivity (Wildman–Crippen MR) is 100 cm³/mol. The van der Waals surface area contributed by atoms with Crippen LogP contribution >= 0.6 is 0 Å². The van der Waals surface area contributed by atoms with Gasteiger partial charge in [0.25, 0.3) is 0 Å². The van der Waals surface area contributed by atoms with E-state index in [0.29, 0.717) is 6.04 Å². The Morgan fingerprint density at radius 3 is 2.50 bits per heavy atom. The first-order valence-corrected chi connectivity index (χ1v) is 9.35. The second-order valence-corrected chi connectivity index (χ2v) is 6.89. The summed E-state index contributed by atoms with van der Waals surface area (Å²) in [5, 5.41) is 0. The third kappa shape index (κ3) is 3.81. The van der Waals surface area contributed by atoms with Crippen LogP contribution in [0.1, 0.15) is 30.0 Å². The van der Waals surface area contributed by atoms with Gasteiger partial charge in [-0.1, -0.05) is 12.1 Å². The molecule has 0 bridgehead atoms. The lowest BCUT2D eigenvalue weighted by Gasteiger charge is -2.27. The van der Waals surface area contributed by atoms with Crippen LogP contribution in [0.15, 0.2) is 36.7 Å². The summed E-state index contributed by atoms with van der Waals surface area (Å²) in [6, 6.07) is 8.91. The average molecular weight is 354 g/mol. The summed E-state index contributed by atoms with van der Waals surface area (Å²) in [6.07, 6.45) is 6.37. The minimum Gasteiger partial charge on any atom is -0.497 e. The van der Waals surface area contributed by atoms with E-state index in [1.807, 2.05) is 24.5 Å². The number of aromatic nitrogens is 2. The molecular formula is C20H26N4O2. The SMILES string of the molecule is COc1ccc([C@H]2CCCN2Cc2cnc(N3CCOCC3)nc2)cc1. The van der Waals surface area contributed by atoms with Crippen LogP contribution < -0.4 is 9.64 Å². The number of benzene rings is 1. The van der Waals surface area contributed by atoms with Crippen molar-refractivity contribution in [3.05, 3.63) is 47.8 Å². The number of morpholine rings is 1. The van der Waals surface area contributed by atoms with Gasteiger partial charge in [0.2, 0.25) is 5.95 Å². The first-order valence-electron chi connectivity index (χ1n) is 9.35. The molecule has 2 aromatic rings. The van der Waals surface area contributed by atoms with Crippen molar-refractivity contribution < 1.29 is 9.47 Å². The lowest BCUT2D eigenvalue weighted by molar-refractivity contribution is 0.122. The van der Waals surface area contributed by atoms with Crippen LogP contribution in [0.4, 0.5) is 5.95 Å². The second-order valence-electron chi connectivity index (χ2n) is 6.89. The van der Waals surface area contributed by atoms with Gasteiger partial charge in [0.05, 0.1) is 20.3 Å². The number of methoxy groups -OCH3 is 1. The van der Waals surface area contributed by atoms with Crippen LogP contribution in [0.3, 0.4) is 0 Å². The van der Waals surface area contributed by atoms with E-state index >= 15 is 0 Å². The van der Waals surface area contributed by atoms with Crippen molar-refractivity contribution in [2.75, 3.05) is 44.9 Å². The van der Waals surface area contributed by atoms with E-state index in [4.69, 9.17) is 9.47 Å². The van der Waals surface area contributed by atoms with Crippen molar-refractivity contribution in [2.24, 2.45) is 0 Å². The molecule has 3 heterocycles. The Morgan fingerprint density at radius 1 is 1.08 bits per heavy atom. The fourth-order valence-corrected chi connectivity index (χ4v) is 3.81. The molecule has 2 saturated heterocycles. The number of nitrogens with zero attached hydrogens (tertiary/aromatic N) is 4. The number of rotatable bonds is 5. The van der Waals surface area contributed by atoms with E-state index in [1.54, 1.807) is 7.11 Å². The number of anilines is 1. The molecule has 1 atom stereocenters. The van der Waals surface area contributed by atoms with Gasteiger partial charge in [0.1, 0.15) is 5.75 Å². The molecule has 1 aromatic heterocycles. The molecule has 4 rings (SSSR count). The van der Waals surface area contributed by atoms with Gasteiger partial charge < -0.3 is 14.4 Å². The van der Waals surface area contributed by atoms with E-state index in [2.05, 4.69) is 31.9 Å². The van der Waals surface area contributed by atoms with E-state index in [0.717, 1.165) is 51.1 Å². The standard InChI is InChI=1S/C20H26N4O2/c1-25-18-6-4-17(5-7-18)19-3-2-8-24(19)15-16-13-21-20(22-14-16)23-9-11-26-12-10-23/h4-7,13-14,19H,2-3,8-12,15H2,1H3/t19-/m1/s1. The summed E-state index contributed by atoms with van der Waals surface area (Å²) in [7, 11) is 1.71. The summed E-state index contributed by atoms with van der Waals surface area (Å²) in [4.78, 5) is 13.9. The van der Waals surface area contributed by atoms with Gasteiger partial charge in [0, 0.05) is 43.6 Å². The third-order valence-electron chi connectivity index (χ3n) is 5.24. The molecule has 0 N–H and O–H groups in total. The molecule has 0 unspecified atom stereocenters. The zero-order valence-corrected chi connectivity index (χ0v) is 15.3. The van der Waals surface area contributed by atoms with E-state index in [1.165, 1.54) is 24.0 Å². The van der Waals surface area contributed by atoms with Gasteiger partial charge in [-0.05, 0) is 37.1 Å². The second kappa shape index (κ2) is 8.01. The Bertz CT molecular complexity index is 699. The molecular weight excluding hydrogens is 328 g/mol. The van der Waals surface area contributed by atoms with Crippen molar-refractivity contribution in [1.82, 2.24) is 14.9 Å². The maximum Gasteiger partial charge on any atom is 0.225 e. The maximum atomic E-state index is 5.39. The molecule has 0 radical (unpaired) electrons. The van der Waals surface area contributed by atoms with Crippen LogP contribution in [0, 0.1) is 0 Å². The fourth-order valence-electron chi connectivity index (χ4n) is 3.81. The molecule has 6 heteroatoms. The molecule has 1 aromatic carbocycles. The Balaban J connectivity index is 1.42. The average Bonchev–Trinajstić information content (AvgIpc) is 3.17. The molecule has 2 fully saturated rings. The number of likely N-dealkylation sites (tertiary alicyclic amines) is 1.